The highest BCUT2D eigenvalue weighted by molar-refractivity contribution is 6.05. The lowest BCUT2D eigenvalue weighted by Crippen LogP contribution is -2.29. The minimum Gasteiger partial charge on any atom is -0.503 e. The van der Waals surface area contributed by atoms with Crippen molar-refractivity contribution < 1.29 is 24.2 Å². The molecule has 0 aromatic carbocycles. The van der Waals surface area contributed by atoms with Crippen molar-refractivity contribution in [2.75, 3.05) is 33.4 Å². The van der Waals surface area contributed by atoms with Gasteiger partial charge in [-0.15, -0.1) is 0 Å². The molecule has 1 heterocycles. The van der Waals surface area contributed by atoms with Gasteiger partial charge in [0.1, 0.15) is 5.57 Å². The lowest BCUT2D eigenvalue weighted by Gasteiger charge is -2.15. The molecular formula is C11H17NO5. The monoisotopic (exact) mass is 243 g/mol. The van der Waals surface area contributed by atoms with Crippen LogP contribution in [-0.2, 0) is 19.1 Å². The van der Waals surface area contributed by atoms with Crippen LogP contribution in [-0.4, -0.2) is 55.3 Å². The van der Waals surface area contributed by atoms with Gasteiger partial charge in [0.2, 0.25) is 0 Å². The minimum absolute atomic E-state index is 0.0364. The molecule has 6 nitrogen and oxygen atoms in total. The van der Waals surface area contributed by atoms with Gasteiger partial charge >= 0.3 is 5.97 Å². The maximum Gasteiger partial charge on any atom is 0.339 e. The molecular weight excluding hydrogens is 226 g/mol. The van der Waals surface area contributed by atoms with Crippen LogP contribution in [0.1, 0.15) is 13.3 Å². The lowest BCUT2D eigenvalue weighted by atomic mass is 10.2. The van der Waals surface area contributed by atoms with Gasteiger partial charge in [0.15, 0.2) is 5.76 Å². The van der Waals surface area contributed by atoms with Gasteiger partial charge in [-0.25, -0.2) is 4.79 Å². The van der Waals surface area contributed by atoms with Crippen LogP contribution in [0.4, 0.5) is 0 Å². The second kappa shape index (κ2) is 6.24. The van der Waals surface area contributed by atoms with Crippen LogP contribution in [0.15, 0.2) is 11.3 Å². The van der Waals surface area contributed by atoms with E-state index in [1.54, 1.807) is 14.0 Å². The number of rotatable bonds is 6. The number of carbonyl (C=O) groups excluding carboxylic acids is 2. The maximum absolute atomic E-state index is 11.6. The summed E-state index contributed by atoms with van der Waals surface area (Å²) in [6.07, 6.45) is 0.658. The normalized spacial score (nSPS) is 15.6. The molecule has 0 saturated carbocycles. The van der Waals surface area contributed by atoms with Crippen molar-refractivity contribution in [2.45, 2.75) is 13.3 Å². The van der Waals surface area contributed by atoms with Crippen LogP contribution < -0.4 is 0 Å². The Bertz CT molecular complexity index is 337. The molecule has 96 valence electrons. The van der Waals surface area contributed by atoms with E-state index in [2.05, 4.69) is 0 Å². The molecule has 0 aliphatic carbocycles. The van der Waals surface area contributed by atoms with E-state index in [4.69, 9.17) is 9.47 Å². The van der Waals surface area contributed by atoms with Crippen molar-refractivity contribution in [3.05, 3.63) is 11.3 Å². The first-order valence-electron chi connectivity index (χ1n) is 5.49. The molecule has 0 saturated heterocycles. The highest BCUT2D eigenvalue weighted by atomic mass is 16.5. The van der Waals surface area contributed by atoms with Crippen LogP contribution in [0.25, 0.3) is 0 Å². The first kappa shape index (κ1) is 13.5. The Labute approximate surface area is 99.8 Å². The Balaban J connectivity index is 2.58. The fourth-order valence-electron chi connectivity index (χ4n) is 1.58. The van der Waals surface area contributed by atoms with Crippen molar-refractivity contribution in [3.63, 3.8) is 0 Å². The molecule has 0 fully saturated rings. The summed E-state index contributed by atoms with van der Waals surface area (Å²) in [4.78, 5) is 24.4. The molecule has 1 N–H and O–H groups in total. The average Bonchev–Trinajstić information content (AvgIpc) is 2.58. The maximum atomic E-state index is 11.6. The van der Waals surface area contributed by atoms with Gasteiger partial charge in [0.25, 0.3) is 5.91 Å². The van der Waals surface area contributed by atoms with Crippen molar-refractivity contribution in [2.24, 2.45) is 0 Å². The van der Waals surface area contributed by atoms with Gasteiger partial charge in [0.05, 0.1) is 13.2 Å². The Morgan fingerprint density at radius 3 is 2.82 bits per heavy atom. The second-order valence-corrected chi connectivity index (χ2v) is 3.62. The molecule has 0 aromatic heterocycles. The van der Waals surface area contributed by atoms with E-state index in [0.717, 1.165) is 0 Å². The topological polar surface area (TPSA) is 76.1 Å². The highest BCUT2D eigenvalue weighted by Gasteiger charge is 2.34. The zero-order chi connectivity index (χ0) is 12.8. The zero-order valence-corrected chi connectivity index (χ0v) is 10.1. The molecule has 0 aromatic rings. The fourth-order valence-corrected chi connectivity index (χ4v) is 1.58. The molecule has 6 heteroatoms. The number of aliphatic hydroxyl groups is 1. The molecule has 0 spiro atoms. The van der Waals surface area contributed by atoms with E-state index >= 15 is 0 Å². The average molecular weight is 243 g/mol. The van der Waals surface area contributed by atoms with Crippen molar-refractivity contribution in [1.29, 1.82) is 0 Å². The summed E-state index contributed by atoms with van der Waals surface area (Å²) in [5.41, 5.74) is 0.0364. The van der Waals surface area contributed by atoms with Crippen LogP contribution >= 0.6 is 0 Å². The minimum atomic E-state index is -0.632. The summed E-state index contributed by atoms with van der Waals surface area (Å²) < 4.78 is 9.63. The Hall–Kier alpha value is -1.56. The van der Waals surface area contributed by atoms with Crippen LogP contribution in [0.3, 0.4) is 0 Å². The van der Waals surface area contributed by atoms with Gasteiger partial charge in [-0.1, -0.05) is 0 Å². The fraction of sp³-hybridized carbons (Fsp3) is 0.636. The number of hydrogen-bond donors (Lipinski definition) is 1. The van der Waals surface area contributed by atoms with Gasteiger partial charge < -0.3 is 19.5 Å². The van der Waals surface area contributed by atoms with Gasteiger partial charge in [0, 0.05) is 20.3 Å². The third kappa shape index (κ3) is 3.20. The van der Waals surface area contributed by atoms with Gasteiger partial charge in [-0.05, 0) is 13.3 Å². The Morgan fingerprint density at radius 2 is 2.24 bits per heavy atom. The quantitative estimate of drug-likeness (QED) is 0.534. The Morgan fingerprint density at radius 1 is 1.53 bits per heavy atom. The van der Waals surface area contributed by atoms with Crippen molar-refractivity contribution in [3.8, 4) is 0 Å². The molecule has 0 radical (unpaired) electrons. The molecule has 1 aliphatic heterocycles. The van der Waals surface area contributed by atoms with E-state index in [1.807, 2.05) is 0 Å². The van der Waals surface area contributed by atoms with Crippen LogP contribution in [0.2, 0.25) is 0 Å². The number of hydrogen-bond acceptors (Lipinski definition) is 5. The predicted molar refractivity (Wildman–Crippen MR) is 59.4 cm³/mol. The van der Waals surface area contributed by atoms with E-state index in [1.165, 1.54) is 4.90 Å². The van der Waals surface area contributed by atoms with Crippen molar-refractivity contribution >= 4 is 11.9 Å². The molecule has 0 atom stereocenters. The smallest absolute Gasteiger partial charge is 0.339 e. The third-order valence-corrected chi connectivity index (χ3v) is 2.42. The summed E-state index contributed by atoms with van der Waals surface area (Å²) in [6, 6.07) is 0. The van der Waals surface area contributed by atoms with Crippen LogP contribution in [0, 0.1) is 0 Å². The zero-order valence-electron chi connectivity index (χ0n) is 10.1. The third-order valence-electron chi connectivity index (χ3n) is 2.42. The van der Waals surface area contributed by atoms with E-state index in [-0.39, 0.29) is 18.7 Å². The number of methoxy groups -OCH3 is 1. The predicted octanol–water partition coefficient (Wildman–Crippen LogP) is 0.240. The first-order valence-corrected chi connectivity index (χ1v) is 5.49. The lowest BCUT2D eigenvalue weighted by molar-refractivity contribution is -0.138. The SMILES string of the molecule is CCOC(=O)C1=C(O)C(=O)N(CCCOC)C1. The van der Waals surface area contributed by atoms with E-state index in [9.17, 15) is 14.7 Å². The van der Waals surface area contributed by atoms with Crippen molar-refractivity contribution in [1.82, 2.24) is 4.90 Å². The molecule has 0 unspecified atom stereocenters. The summed E-state index contributed by atoms with van der Waals surface area (Å²) in [5, 5.41) is 9.54. The summed E-state index contributed by atoms with van der Waals surface area (Å²) in [7, 11) is 1.57. The summed E-state index contributed by atoms with van der Waals surface area (Å²) in [6.45, 7) is 2.96. The Kier molecular flexibility index (Phi) is 4.96. The number of ether oxygens (including phenoxy) is 2. The molecule has 0 bridgehead atoms. The number of nitrogens with zero attached hydrogens (tertiary/aromatic N) is 1. The number of esters is 1. The molecule has 1 rings (SSSR count). The number of carbonyl (C=O) groups is 2. The highest BCUT2D eigenvalue weighted by Crippen LogP contribution is 2.18. The molecule has 1 amide bonds. The number of amides is 1. The first-order chi connectivity index (χ1) is 8.11. The van der Waals surface area contributed by atoms with E-state index < -0.39 is 17.6 Å². The van der Waals surface area contributed by atoms with Crippen LogP contribution in [0.5, 0.6) is 0 Å². The van der Waals surface area contributed by atoms with E-state index in [0.29, 0.717) is 19.6 Å². The molecule has 17 heavy (non-hydrogen) atoms. The summed E-state index contributed by atoms with van der Waals surface area (Å²) >= 11 is 0. The van der Waals surface area contributed by atoms with Gasteiger partial charge in [-0.2, -0.15) is 0 Å². The summed E-state index contributed by atoms with van der Waals surface area (Å²) in [5.74, 6) is -1.65. The number of aliphatic hydroxyl groups excluding tert-OH is 1. The second-order valence-electron chi connectivity index (χ2n) is 3.62. The standard InChI is InChI=1S/C11H17NO5/c1-3-17-11(15)8-7-12(5-4-6-16-2)10(14)9(8)13/h13H,3-7H2,1-2H3. The van der Waals surface area contributed by atoms with Gasteiger partial charge in [-0.3, -0.25) is 4.79 Å². The molecule has 1 aliphatic rings. The largest absolute Gasteiger partial charge is 0.503 e.